The molecule has 2 aliphatic rings. The van der Waals surface area contributed by atoms with Gasteiger partial charge in [0.05, 0.1) is 13.2 Å². The summed E-state index contributed by atoms with van der Waals surface area (Å²) in [6.45, 7) is 2.40. The molecule has 2 fully saturated rings. The first-order chi connectivity index (χ1) is 15.8. The minimum absolute atomic E-state index is 0.100. The van der Waals surface area contributed by atoms with Crippen LogP contribution in [0.3, 0.4) is 0 Å². The summed E-state index contributed by atoms with van der Waals surface area (Å²) in [6.07, 6.45) is -5.38. The number of aliphatic hydroxyl groups is 4. The lowest BCUT2D eigenvalue weighted by molar-refractivity contribution is -0.337. The van der Waals surface area contributed by atoms with Crippen molar-refractivity contribution in [1.82, 2.24) is 5.32 Å². The second-order valence-electron chi connectivity index (χ2n) is 8.53. The molecule has 4 rings (SSSR count). The van der Waals surface area contributed by atoms with Crippen LogP contribution in [0.15, 0.2) is 42.5 Å². The van der Waals surface area contributed by atoms with Gasteiger partial charge in [0.2, 0.25) is 5.79 Å². The Morgan fingerprint density at radius 3 is 2.55 bits per heavy atom. The number of aliphatic hydroxyl groups excluding tert-OH is 4. The molecule has 3 unspecified atom stereocenters. The van der Waals surface area contributed by atoms with Crippen molar-refractivity contribution in [2.24, 2.45) is 0 Å². The van der Waals surface area contributed by atoms with Gasteiger partial charge in [-0.2, -0.15) is 0 Å². The van der Waals surface area contributed by atoms with E-state index in [1.165, 1.54) is 0 Å². The monoisotopic (exact) mass is 479 g/mol. The van der Waals surface area contributed by atoms with Crippen LogP contribution in [0.5, 0.6) is 5.75 Å². The average molecular weight is 480 g/mol. The van der Waals surface area contributed by atoms with Gasteiger partial charge in [0, 0.05) is 17.1 Å². The van der Waals surface area contributed by atoms with Gasteiger partial charge in [-0.3, -0.25) is 0 Å². The molecule has 5 N–H and O–H groups in total. The summed E-state index contributed by atoms with van der Waals surface area (Å²) in [5.41, 5.74) is 0.601. The summed E-state index contributed by atoms with van der Waals surface area (Å²) in [4.78, 5) is 0. The standard InChI is InChI=1S/C24H30ClNO7/c1-3-31-17-7-4-14(5-8-17)10-15-11-16(6-9-18(15)25)24-22(30)20(28)21(29)23(33-24,13-32-24)19(27)12-26-2/h4-9,11,19-22,26-30H,3,10,12-13H2,1-2H3/t19?,20-,21-,22+,23?,24?/m0/s1. The van der Waals surface area contributed by atoms with E-state index in [0.29, 0.717) is 23.6 Å². The van der Waals surface area contributed by atoms with Crippen molar-refractivity contribution < 1.29 is 34.6 Å². The molecular weight excluding hydrogens is 450 g/mol. The quantitative estimate of drug-likeness (QED) is 0.379. The van der Waals surface area contributed by atoms with Gasteiger partial charge in [-0.05, 0) is 55.8 Å². The summed E-state index contributed by atoms with van der Waals surface area (Å²) in [5, 5.41) is 46.2. The number of benzene rings is 2. The fourth-order valence-corrected chi connectivity index (χ4v) is 4.78. The predicted octanol–water partition coefficient (Wildman–Crippen LogP) is 0.945. The normalized spacial score (nSPS) is 32.0. The molecule has 2 heterocycles. The molecule has 0 aliphatic carbocycles. The predicted molar refractivity (Wildman–Crippen MR) is 121 cm³/mol. The summed E-state index contributed by atoms with van der Waals surface area (Å²) in [6, 6.07) is 12.8. The number of nitrogens with one attached hydrogen (secondary N) is 1. The topological polar surface area (TPSA) is 121 Å². The second kappa shape index (κ2) is 9.48. The number of fused-ring (bicyclic) bond motifs is 2. The third kappa shape index (κ3) is 4.15. The van der Waals surface area contributed by atoms with E-state index >= 15 is 0 Å². The first-order valence-electron chi connectivity index (χ1n) is 11.0. The molecule has 180 valence electrons. The van der Waals surface area contributed by atoms with E-state index in [4.69, 9.17) is 25.8 Å². The zero-order valence-electron chi connectivity index (χ0n) is 18.6. The number of likely N-dealkylation sites (N-methyl/N-ethyl adjacent to an activating group) is 1. The molecule has 8 nitrogen and oxygen atoms in total. The molecule has 9 heteroatoms. The van der Waals surface area contributed by atoms with Crippen LogP contribution in [0, 0.1) is 0 Å². The van der Waals surface area contributed by atoms with Gasteiger partial charge in [-0.25, -0.2) is 0 Å². The number of hydrogen-bond acceptors (Lipinski definition) is 8. The first kappa shape index (κ1) is 24.4. The summed E-state index contributed by atoms with van der Waals surface area (Å²) in [5.74, 6) is -0.979. The second-order valence-corrected chi connectivity index (χ2v) is 8.93. The molecule has 2 aliphatic heterocycles. The molecule has 0 radical (unpaired) electrons. The maximum absolute atomic E-state index is 10.9. The van der Waals surface area contributed by atoms with Crippen LogP contribution >= 0.6 is 11.6 Å². The third-order valence-electron chi connectivity index (χ3n) is 6.43. The highest BCUT2D eigenvalue weighted by molar-refractivity contribution is 6.31. The van der Waals surface area contributed by atoms with Gasteiger partial charge in [0.25, 0.3) is 0 Å². The molecular formula is C24H30ClNO7. The fourth-order valence-electron chi connectivity index (χ4n) is 4.60. The Labute approximate surface area is 197 Å². The Hall–Kier alpha value is -1.75. The number of rotatable bonds is 8. The molecule has 2 saturated heterocycles. The smallest absolute Gasteiger partial charge is 0.225 e. The Morgan fingerprint density at radius 2 is 1.88 bits per heavy atom. The van der Waals surface area contributed by atoms with Gasteiger partial charge >= 0.3 is 0 Å². The summed E-state index contributed by atoms with van der Waals surface area (Å²) < 4.78 is 17.5. The summed E-state index contributed by atoms with van der Waals surface area (Å²) >= 11 is 6.47. The Bertz CT molecular complexity index is 974. The molecule has 2 bridgehead atoms. The van der Waals surface area contributed by atoms with E-state index in [9.17, 15) is 20.4 Å². The van der Waals surface area contributed by atoms with Crippen LogP contribution in [-0.4, -0.2) is 77.2 Å². The molecule has 0 amide bonds. The van der Waals surface area contributed by atoms with Crippen LogP contribution in [0.1, 0.15) is 23.6 Å². The van der Waals surface area contributed by atoms with Crippen LogP contribution in [0.2, 0.25) is 5.02 Å². The van der Waals surface area contributed by atoms with E-state index < -0.39 is 35.8 Å². The van der Waals surface area contributed by atoms with Gasteiger partial charge in [-0.15, -0.1) is 0 Å². The largest absolute Gasteiger partial charge is 0.494 e. The summed E-state index contributed by atoms with van der Waals surface area (Å²) in [7, 11) is 1.65. The van der Waals surface area contributed by atoms with Gasteiger partial charge in [0.1, 0.15) is 30.2 Å². The highest BCUT2D eigenvalue weighted by Crippen LogP contribution is 2.51. The number of halogens is 1. The molecule has 2 aromatic rings. The van der Waals surface area contributed by atoms with Gasteiger partial charge in [-0.1, -0.05) is 29.8 Å². The van der Waals surface area contributed by atoms with E-state index in [1.807, 2.05) is 31.2 Å². The van der Waals surface area contributed by atoms with Crippen molar-refractivity contribution in [3.05, 3.63) is 64.2 Å². The minimum atomic E-state index is -1.76. The SMILES string of the molecule is CCOc1ccc(Cc2cc(C34OCC(C(O)CNC)(O3)[C@@H](O)[C@H](O)[C@H]4O)ccc2Cl)cc1. The Morgan fingerprint density at radius 1 is 1.15 bits per heavy atom. The zero-order chi connectivity index (χ0) is 23.8. The number of hydrogen-bond donors (Lipinski definition) is 5. The molecule has 6 atom stereocenters. The van der Waals surface area contributed by atoms with Crippen molar-refractivity contribution in [2.45, 2.75) is 49.1 Å². The molecule has 0 aromatic heterocycles. The molecule has 2 aromatic carbocycles. The van der Waals surface area contributed by atoms with Crippen molar-refractivity contribution in [2.75, 3.05) is 26.8 Å². The van der Waals surface area contributed by atoms with Crippen LogP contribution in [0.25, 0.3) is 0 Å². The lowest BCUT2D eigenvalue weighted by atomic mass is 9.80. The average Bonchev–Trinajstić information content (AvgIpc) is 3.20. The van der Waals surface area contributed by atoms with Crippen molar-refractivity contribution in [3.8, 4) is 5.75 Å². The van der Waals surface area contributed by atoms with Crippen molar-refractivity contribution in [1.29, 1.82) is 0 Å². The Balaban J connectivity index is 1.67. The van der Waals surface area contributed by atoms with Crippen LogP contribution in [0.4, 0.5) is 0 Å². The van der Waals surface area contributed by atoms with Crippen LogP contribution in [-0.2, 0) is 21.7 Å². The lowest BCUT2D eigenvalue weighted by Gasteiger charge is -2.48. The van der Waals surface area contributed by atoms with E-state index in [0.717, 1.165) is 16.9 Å². The highest BCUT2D eigenvalue weighted by Gasteiger charge is 2.69. The highest BCUT2D eigenvalue weighted by atomic mass is 35.5. The molecule has 0 spiro atoms. The maximum Gasteiger partial charge on any atom is 0.225 e. The van der Waals surface area contributed by atoms with Gasteiger partial charge in [0.15, 0.2) is 5.60 Å². The van der Waals surface area contributed by atoms with Crippen LogP contribution < -0.4 is 10.1 Å². The fraction of sp³-hybridized carbons (Fsp3) is 0.500. The zero-order valence-corrected chi connectivity index (χ0v) is 19.3. The maximum atomic E-state index is 10.9. The minimum Gasteiger partial charge on any atom is -0.494 e. The molecule has 0 saturated carbocycles. The van der Waals surface area contributed by atoms with Crippen molar-refractivity contribution in [3.63, 3.8) is 0 Å². The van der Waals surface area contributed by atoms with E-state index in [2.05, 4.69) is 5.32 Å². The van der Waals surface area contributed by atoms with Crippen molar-refractivity contribution >= 4 is 11.6 Å². The first-order valence-corrected chi connectivity index (χ1v) is 11.4. The van der Waals surface area contributed by atoms with Gasteiger partial charge < -0.3 is 40.0 Å². The number of ether oxygens (including phenoxy) is 3. The third-order valence-corrected chi connectivity index (χ3v) is 6.80. The molecule has 33 heavy (non-hydrogen) atoms. The Kier molecular flexibility index (Phi) is 7.00. The van der Waals surface area contributed by atoms with E-state index in [1.54, 1.807) is 25.2 Å². The van der Waals surface area contributed by atoms with E-state index in [-0.39, 0.29) is 13.2 Å². The lowest BCUT2D eigenvalue weighted by Crippen LogP contribution is -2.69.